The summed E-state index contributed by atoms with van der Waals surface area (Å²) >= 11 is 0. The highest BCUT2D eigenvalue weighted by atomic mass is 32.2. The fourth-order valence-corrected chi connectivity index (χ4v) is 4.17. The molecule has 1 N–H and O–H groups in total. The van der Waals surface area contributed by atoms with Crippen molar-refractivity contribution in [1.82, 2.24) is 5.32 Å². The maximum absolute atomic E-state index is 13.2. The minimum Gasteiger partial charge on any atom is -0.487 e. The number of halogens is 1. The van der Waals surface area contributed by atoms with Crippen LogP contribution in [0, 0.1) is 5.82 Å². The molecule has 1 aliphatic heterocycles. The number of nitrogens with zero attached hydrogens (tertiary/aromatic N) is 1. The van der Waals surface area contributed by atoms with E-state index in [1.807, 2.05) is 38.1 Å². The summed E-state index contributed by atoms with van der Waals surface area (Å²) in [5.41, 5.74) is 0.606. The molecule has 150 valence electrons. The summed E-state index contributed by atoms with van der Waals surface area (Å²) in [6, 6.07) is 12.1. The summed E-state index contributed by atoms with van der Waals surface area (Å²) in [4.78, 5) is 12.7. The van der Waals surface area contributed by atoms with Gasteiger partial charge in [0.2, 0.25) is 15.9 Å². The zero-order valence-corrected chi connectivity index (χ0v) is 16.8. The number of benzene rings is 2. The van der Waals surface area contributed by atoms with Crippen LogP contribution < -0.4 is 14.4 Å². The first kappa shape index (κ1) is 20.1. The number of carbonyl (C=O) groups is 1. The molecule has 0 radical (unpaired) electrons. The van der Waals surface area contributed by atoms with Crippen molar-refractivity contribution in [2.24, 2.45) is 0 Å². The van der Waals surface area contributed by atoms with Gasteiger partial charge in [0.25, 0.3) is 0 Å². The van der Waals surface area contributed by atoms with Gasteiger partial charge in [0.15, 0.2) is 0 Å². The first-order valence-electron chi connectivity index (χ1n) is 8.86. The Balaban J connectivity index is 1.81. The summed E-state index contributed by atoms with van der Waals surface area (Å²) in [6.07, 6.45) is 1.56. The van der Waals surface area contributed by atoms with E-state index in [2.05, 4.69) is 5.32 Å². The quantitative estimate of drug-likeness (QED) is 0.828. The highest BCUT2D eigenvalue weighted by molar-refractivity contribution is 7.92. The largest absolute Gasteiger partial charge is 0.487 e. The predicted octanol–water partition coefficient (Wildman–Crippen LogP) is 3.01. The van der Waals surface area contributed by atoms with E-state index in [0.717, 1.165) is 28.3 Å². The maximum Gasteiger partial charge on any atom is 0.241 e. The fourth-order valence-electron chi connectivity index (χ4n) is 3.31. The number of para-hydroxylation sites is 1. The van der Waals surface area contributed by atoms with Crippen molar-refractivity contribution in [2.75, 3.05) is 17.1 Å². The van der Waals surface area contributed by atoms with E-state index in [-0.39, 0.29) is 11.7 Å². The number of amides is 1. The molecule has 0 aromatic heterocycles. The van der Waals surface area contributed by atoms with E-state index in [1.165, 1.54) is 12.1 Å². The molecule has 0 spiro atoms. The zero-order chi connectivity index (χ0) is 20.5. The lowest BCUT2D eigenvalue weighted by Crippen LogP contribution is -2.45. The first-order valence-corrected chi connectivity index (χ1v) is 10.7. The molecular weight excluding hydrogens is 383 g/mol. The molecule has 6 nitrogen and oxygen atoms in total. The SMILES string of the molecule is CC1(C)C[C@@H](NC(=O)CN(c2ccc(F)cc2)S(C)(=O)=O)c2ccccc2O1. The van der Waals surface area contributed by atoms with Gasteiger partial charge in [0, 0.05) is 12.0 Å². The Labute approximate surface area is 164 Å². The molecule has 0 bridgehead atoms. The Morgan fingerprint density at radius 3 is 2.50 bits per heavy atom. The molecule has 1 amide bonds. The van der Waals surface area contributed by atoms with Crippen LogP contribution in [-0.4, -0.2) is 32.7 Å². The number of ether oxygens (including phenoxy) is 1. The molecular formula is C20H23FN2O4S. The van der Waals surface area contributed by atoms with E-state index < -0.39 is 33.9 Å². The van der Waals surface area contributed by atoms with E-state index in [0.29, 0.717) is 12.2 Å². The van der Waals surface area contributed by atoms with Crippen LogP contribution in [0.15, 0.2) is 48.5 Å². The van der Waals surface area contributed by atoms with E-state index in [1.54, 1.807) is 0 Å². The minimum absolute atomic E-state index is 0.228. The summed E-state index contributed by atoms with van der Waals surface area (Å²) in [7, 11) is -3.72. The van der Waals surface area contributed by atoms with Crippen molar-refractivity contribution in [1.29, 1.82) is 0 Å². The molecule has 2 aromatic rings. The van der Waals surface area contributed by atoms with Gasteiger partial charge in [0.1, 0.15) is 23.7 Å². The Bertz CT molecular complexity index is 974. The van der Waals surface area contributed by atoms with Crippen molar-refractivity contribution in [3.8, 4) is 5.75 Å². The highest BCUT2D eigenvalue weighted by Crippen LogP contribution is 2.39. The number of sulfonamides is 1. The summed E-state index contributed by atoms with van der Waals surface area (Å²) < 4.78 is 44.4. The van der Waals surface area contributed by atoms with Crippen LogP contribution in [0.25, 0.3) is 0 Å². The third-order valence-corrected chi connectivity index (χ3v) is 5.65. The van der Waals surface area contributed by atoms with Gasteiger partial charge < -0.3 is 10.1 Å². The molecule has 0 unspecified atom stereocenters. The van der Waals surface area contributed by atoms with Crippen molar-refractivity contribution in [2.45, 2.75) is 31.9 Å². The third kappa shape index (κ3) is 4.62. The van der Waals surface area contributed by atoms with Crippen LogP contribution >= 0.6 is 0 Å². The average molecular weight is 406 g/mol. The van der Waals surface area contributed by atoms with Crippen molar-refractivity contribution in [3.63, 3.8) is 0 Å². The van der Waals surface area contributed by atoms with Crippen molar-refractivity contribution < 1.29 is 22.3 Å². The molecule has 0 aliphatic carbocycles. The van der Waals surface area contributed by atoms with Gasteiger partial charge in [-0.2, -0.15) is 0 Å². The zero-order valence-electron chi connectivity index (χ0n) is 16.0. The molecule has 1 atom stereocenters. The first-order chi connectivity index (χ1) is 13.0. The van der Waals surface area contributed by atoms with Crippen LogP contribution in [0.3, 0.4) is 0 Å². The Hall–Kier alpha value is -2.61. The monoisotopic (exact) mass is 406 g/mol. The highest BCUT2D eigenvalue weighted by Gasteiger charge is 2.34. The second-order valence-electron chi connectivity index (χ2n) is 7.47. The van der Waals surface area contributed by atoms with Gasteiger partial charge in [-0.05, 0) is 44.2 Å². The van der Waals surface area contributed by atoms with Crippen LogP contribution in [0.4, 0.5) is 10.1 Å². The molecule has 0 saturated carbocycles. The number of rotatable bonds is 5. The number of nitrogens with one attached hydrogen (secondary N) is 1. The maximum atomic E-state index is 13.2. The van der Waals surface area contributed by atoms with Gasteiger partial charge in [-0.15, -0.1) is 0 Å². The molecule has 0 fully saturated rings. The second kappa shape index (κ2) is 7.43. The van der Waals surface area contributed by atoms with Gasteiger partial charge in [-0.25, -0.2) is 12.8 Å². The molecule has 1 aliphatic rings. The molecule has 1 heterocycles. The molecule has 3 rings (SSSR count). The van der Waals surface area contributed by atoms with Crippen LogP contribution in [0.5, 0.6) is 5.75 Å². The lowest BCUT2D eigenvalue weighted by Gasteiger charge is -2.38. The van der Waals surface area contributed by atoms with Crippen LogP contribution in [0.2, 0.25) is 0 Å². The molecule has 28 heavy (non-hydrogen) atoms. The van der Waals surface area contributed by atoms with Crippen molar-refractivity contribution >= 4 is 21.6 Å². The number of fused-ring (bicyclic) bond motifs is 1. The van der Waals surface area contributed by atoms with Gasteiger partial charge in [-0.3, -0.25) is 9.10 Å². The minimum atomic E-state index is -3.72. The van der Waals surface area contributed by atoms with Gasteiger partial charge in [-0.1, -0.05) is 18.2 Å². The number of hydrogen-bond donors (Lipinski definition) is 1. The van der Waals surface area contributed by atoms with Crippen LogP contribution in [0.1, 0.15) is 31.9 Å². The normalized spacial score (nSPS) is 17.9. The summed E-state index contributed by atoms with van der Waals surface area (Å²) in [6.45, 7) is 3.47. The number of hydrogen-bond acceptors (Lipinski definition) is 4. The Morgan fingerprint density at radius 1 is 1.21 bits per heavy atom. The van der Waals surface area contributed by atoms with Crippen LogP contribution in [-0.2, 0) is 14.8 Å². The number of anilines is 1. The predicted molar refractivity (Wildman–Crippen MR) is 105 cm³/mol. The van der Waals surface area contributed by atoms with Crippen molar-refractivity contribution in [3.05, 3.63) is 59.9 Å². The van der Waals surface area contributed by atoms with E-state index >= 15 is 0 Å². The smallest absolute Gasteiger partial charge is 0.241 e. The lowest BCUT2D eigenvalue weighted by molar-refractivity contribution is -0.120. The van der Waals surface area contributed by atoms with E-state index in [4.69, 9.17) is 4.74 Å². The lowest BCUT2D eigenvalue weighted by atomic mass is 9.89. The summed E-state index contributed by atoms with van der Waals surface area (Å²) in [5.74, 6) is -0.238. The standard InChI is InChI=1S/C20H23FN2O4S/c1-20(2)12-17(16-6-4-5-7-18(16)27-20)22-19(24)13-23(28(3,25)26)15-10-8-14(21)9-11-15/h4-11,17H,12-13H2,1-3H3,(H,22,24)/t17-/m1/s1. The van der Waals surface area contributed by atoms with E-state index in [9.17, 15) is 17.6 Å². The Morgan fingerprint density at radius 2 is 1.86 bits per heavy atom. The topological polar surface area (TPSA) is 75.7 Å². The Kier molecular flexibility index (Phi) is 5.34. The molecule has 0 saturated heterocycles. The average Bonchev–Trinajstić information content (AvgIpc) is 2.59. The molecule has 2 aromatic carbocycles. The second-order valence-corrected chi connectivity index (χ2v) is 9.38. The molecule has 8 heteroatoms. The fraction of sp³-hybridized carbons (Fsp3) is 0.350. The van der Waals surface area contributed by atoms with Gasteiger partial charge in [0.05, 0.1) is 18.0 Å². The van der Waals surface area contributed by atoms with Gasteiger partial charge >= 0.3 is 0 Å². The third-order valence-electron chi connectivity index (χ3n) is 4.51. The summed E-state index contributed by atoms with van der Waals surface area (Å²) in [5, 5.41) is 2.92. The number of carbonyl (C=O) groups excluding carboxylic acids is 1.